The number of sulfonamides is 1. The predicted octanol–water partition coefficient (Wildman–Crippen LogP) is 4.01. The Balaban J connectivity index is 1.57. The Kier molecular flexibility index (Phi) is 7.06. The molecular formula is C22H20ClN3O4S. The normalized spacial score (nSPS) is 11.0. The van der Waals surface area contributed by atoms with E-state index in [1.54, 1.807) is 66.7 Å². The summed E-state index contributed by atoms with van der Waals surface area (Å²) in [5.74, 6) is -0.601. The van der Waals surface area contributed by atoms with Crippen LogP contribution in [0.15, 0.2) is 77.7 Å². The lowest BCUT2D eigenvalue weighted by molar-refractivity contribution is -0.121. The molecule has 0 bridgehead atoms. The van der Waals surface area contributed by atoms with E-state index in [-0.39, 0.29) is 29.6 Å². The lowest BCUT2D eigenvalue weighted by atomic mass is 10.1. The Labute approximate surface area is 185 Å². The summed E-state index contributed by atoms with van der Waals surface area (Å²) < 4.78 is 23.6. The first-order chi connectivity index (χ1) is 14.7. The molecule has 9 heteroatoms. The van der Waals surface area contributed by atoms with Gasteiger partial charge in [-0.25, -0.2) is 13.6 Å². The molecule has 0 heterocycles. The number of nitrogens with one attached hydrogen (secondary N) is 2. The van der Waals surface area contributed by atoms with Crippen molar-refractivity contribution >= 4 is 44.8 Å². The van der Waals surface area contributed by atoms with Gasteiger partial charge in [-0.3, -0.25) is 9.59 Å². The van der Waals surface area contributed by atoms with E-state index >= 15 is 0 Å². The minimum atomic E-state index is -3.87. The summed E-state index contributed by atoms with van der Waals surface area (Å²) in [5.41, 5.74) is 2.25. The third-order valence-corrected chi connectivity index (χ3v) is 5.60. The van der Waals surface area contributed by atoms with Crippen molar-refractivity contribution in [3.63, 3.8) is 0 Å². The van der Waals surface area contributed by atoms with Crippen molar-refractivity contribution in [3.05, 3.63) is 77.8 Å². The number of carbonyl (C=O) groups is 2. The summed E-state index contributed by atoms with van der Waals surface area (Å²) in [4.78, 5) is 24.2. The van der Waals surface area contributed by atoms with Gasteiger partial charge in [0.05, 0.1) is 4.90 Å². The Morgan fingerprint density at radius 2 is 1.26 bits per heavy atom. The quantitative estimate of drug-likeness (QED) is 0.496. The molecule has 31 heavy (non-hydrogen) atoms. The molecule has 7 nitrogen and oxygen atoms in total. The highest BCUT2D eigenvalue weighted by molar-refractivity contribution is 7.89. The van der Waals surface area contributed by atoms with Gasteiger partial charge in [0.15, 0.2) is 0 Å². The maximum absolute atomic E-state index is 12.2. The van der Waals surface area contributed by atoms with Crippen LogP contribution < -0.4 is 15.8 Å². The fraction of sp³-hybridized carbons (Fsp3) is 0.0909. The smallest absolute Gasteiger partial charge is 0.238 e. The molecule has 0 aromatic heterocycles. The molecule has 2 amide bonds. The Morgan fingerprint density at radius 1 is 0.774 bits per heavy atom. The van der Waals surface area contributed by atoms with Crippen LogP contribution in [0.3, 0.4) is 0 Å². The standard InChI is InChI=1S/C22H20ClN3O4S/c23-16-7-11-18(12-8-16)26-22(28)14-13-21(27)25-17-9-5-15(6-10-17)19-3-1-2-4-20(19)31(24,29)30/h1-12H,13-14H2,(H,25,27)(H,26,28)(H2,24,29,30). The first kappa shape index (κ1) is 22.5. The second kappa shape index (κ2) is 9.74. The molecule has 3 rings (SSSR count). The van der Waals surface area contributed by atoms with Crippen molar-refractivity contribution in [1.82, 2.24) is 0 Å². The molecule has 0 unspecified atom stereocenters. The number of halogens is 1. The van der Waals surface area contributed by atoms with Crippen LogP contribution in [0.1, 0.15) is 12.8 Å². The van der Waals surface area contributed by atoms with Gasteiger partial charge in [-0.1, -0.05) is 41.9 Å². The summed E-state index contributed by atoms with van der Waals surface area (Å²) in [6.07, 6.45) is 0.0315. The lowest BCUT2D eigenvalue weighted by Crippen LogP contribution is -2.17. The van der Waals surface area contributed by atoms with Gasteiger partial charge in [0, 0.05) is 34.8 Å². The van der Waals surface area contributed by atoms with Gasteiger partial charge >= 0.3 is 0 Å². The fourth-order valence-electron chi connectivity index (χ4n) is 2.89. The summed E-state index contributed by atoms with van der Waals surface area (Å²) in [5, 5.41) is 11.3. The number of primary sulfonamides is 1. The molecule has 4 N–H and O–H groups in total. The summed E-state index contributed by atoms with van der Waals surface area (Å²) in [6.45, 7) is 0. The number of nitrogens with two attached hydrogens (primary N) is 1. The van der Waals surface area contributed by atoms with E-state index in [2.05, 4.69) is 10.6 Å². The van der Waals surface area contributed by atoms with Crippen molar-refractivity contribution in [2.24, 2.45) is 5.14 Å². The van der Waals surface area contributed by atoms with Gasteiger partial charge < -0.3 is 10.6 Å². The van der Waals surface area contributed by atoms with E-state index in [1.807, 2.05) is 0 Å². The van der Waals surface area contributed by atoms with Gasteiger partial charge in [0.2, 0.25) is 21.8 Å². The molecule has 0 atom stereocenters. The van der Waals surface area contributed by atoms with E-state index in [9.17, 15) is 18.0 Å². The molecule has 0 fully saturated rings. The molecule has 0 aliphatic heterocycles. The molecule has 0 aliphatic rings. The number of anilines is 2. The highest BCUT2D eigenvalue weighted by Crippen LogP contribution is 2.27. The van der Waals surface area contributed by atoms with E-state index in [0.29, 0.717) is 27.5 Å². The number of rotatable bonds is 7. The molecule has 0 saturated carbocycles. The van der Waals surface area contributed by atoms with Crippen molar-refractivity contribution in [2.75, 3.05) is 10.6 Å². The summed E-state index contributed by atoms with van der Waals surface area (Å²) in [6, 6.07) is 19.8. The average Bonchev–Trinajstić information content (AvgIpc) is 2.74. The second-order valence-corrected chi connectivity index (χ2v) is 8.69. The molecule has 0 aliphatic carbocycles. The maximum atomic E-state index is 12.2. The van der Waals surface area contributed by atoms with Crippen LogP contribution in [0, 0.1) is 0 Å². The van der Waals surface area contributed by atoms with Crippen LogP contribution >= 0.6 is 11.6 Å². The van der Waals surface area contributed by atoms with E-state index in [4.69, 9.17) is 16.7 Å². The van der Waals surface area contributed by atoms with E-state index in [1.165, 1.54) is 6.07 Å². The molecule has 3 aromatic carbocycles. The predicted molar refractivity (Wildman–Crippen MR) is 121 cm³/mol. The first-order valence-electron chi connectivity index (χ1n) is 9.30. The number of benzene rings is 3. The van der Waals surface area contributed by atoms with Crippen molar-refractivity contribution < 1.29 is 18.0 Å². The third kappa shape index (κ3) is 6.39. The molecule has 3 aromatic rings. The molecule has 0 spiro atoms. The summed E-state index contributed by atoms with van der Waals surface area (Å²) in [7, 11) is -3.87. The zero-order chi connectivity index (χ0) is 22.4. The number of hydrogen-bond acceptors (Lipinski definition) is 4. The van der Waals surface area contributed by atoms with Crippen LogP contribution in [0.25, 0.3) is 11.1 Å². The number of hydrogen-bond donors (Lipinski definition) is 3. The summed E-state index contributed by atoms with van der Waals surface area (Å²) >= 11 is 5.80. The Hall–Kier alpha value is -3.20. The lowest BCUT2D eigenvalue weighted by Gasteiger charge is -2.10. The third-order valence-electron chi connectivity index (χ3n) is 4.38. The van der Waals surface area contributed by atoms with Crippen LogP contribution in [-0.4, -0.2) is 20.2 Å². The monoisotopic (exact) mass is 457 g/mol. The average molecular weight is 458 g/mol. The van der Waals surface area contributed by atoms with Gasteiger partial charge in [0.1, 0.15) is 0 Å². The highest BCUT2D eigenvalue weighted by Gasteiger charge is 2.14. The Morgan fingerprint density at radius 3 is 1.77 bits per heavy atom. The topological polar surface area (TPSA) is 118 Å². The van der Waals surface area contributed by atoms with Gasteiger partial charge in [-0.2, -0.15) is 0 Å². The molecule has 0 saturated heterocycles. The van der Waals surface area contributed by atoms with Crippen LogP contribution in [0.5, 0.6) is 0 Å². The number of carbonyl (C=O) groups excluding carboxylic acids is 2. The zero-order valence-corrected chi connectivity index (χ0v) is 17.9. The first-order valence-corrected chi connectivity index (χ1v) is 11.2. The number of amides is 2. The van der Waals surface area contributed by atoms with Crippen molar-refractivity contribution in [2.45, 2.75) is 17.7 Å². The zero-order valence-electron chi connectivity index (χ0n) is 16.3. The molecular weight excluding hydrogens is 438 g/mol. The Bertz CT molecular complexity index is 1190. The molecule has 0 radical (unpaired) electrons. The van der Waals surface area contributed by atoms with Gasteiger partial charge in [-0.05, 0) is 48.0 Å². The van der Waals surface area contributed by atoms with Gasteiger partial charge in [-0.15, -0.1) is 0 Å². The molecule has 160 valence electrons. The van der Waals surface area contributed by atoms with Crippen molar-refractivity contribution in [3.8, 4) is 11.1 Å². The highest BCUT2D eigenvalue weighted by atomic mass is 35.5. The maximum Gasteiger partial charge on any atom is 0.238 e. The van der Waals surface area contributed by atoms with E-state index in [0.717, 1.165) is 0 Å². The largest absolute Gasteiger partial charge is 0.326 e. The SMILES string of the molecule is NS(=O)(=O)c1ccccc1-c1ccc(NC(=O)CCC(=O)Nc2ccc(Cl)cc2)cc1. The minimum Gasteiger partial charge on any atom is -0.326 e. The van der Waals surface area contributed by atoms with Crippen LogP contribution in [0.2, 0.25) is 5.02 Å². The van der Waals surface area contributed by atoms with Crippen LogP contribution in [0.4, 0.5) is 11.4 Å². The van der Waals surface area contributed by atoms with E-state index < -0.39 is 10.0 Å². The second-order valence-electron chi connectivity index (χ2n) is 6.72. The van der Waals surface area contributed by atoms with Crippen molar-refractivity contribution in [1.29, 1.82) is 0 Å². The van der Waals surface area contributed by atoms with Crippen LogP contribution in [-0.2, 0) is 19.6 Å². The minimum absolute atomic E-state index is 0.00935. The fourth-order valence-corrected chi connectivity index (χ4v) is 3.78. The van der Waals surface area contributed by atoms with Gasteiger partial charge in [0.25, 0.3) is 0 Å².